The van der Waals surface area contributed by atoms with Crippen LogP contribution in [0, 0.1) is 45.3 Å². The molecule has 0 spiro atoms. The van der Waals surface area contributed by atoms with Crippen LogP contribution < -0.4 is 9.64 Å². The number of aliphatic hydroxyl groups excluding tert-OH is 1. The number of fused-ring (bicyclic) bond motifs is 1. The van der Waals surface area contributed by atoms with Gasteiger partial charge in [0.2, 0.25) is 0 Å². The lowest BCUT2D eigenvalue weighted by Crippen LogP contribution is -2.27. The van der Waals surface area contributed by atoms with Crippen molar-refractivity contribution in [1.82, 2.24) is 0 Å². The van der Waals surface area contributed by atoms with Gasteiger partial charge in [0.05, 0.1) is 6.61 Å². The predicted molar refractivity (Wildman–Crippen MR) is 216 cm³/mol. The van der Waals surface area contributed by atoms with E-state index in [2.05, 4.69) is 106 Å². The van der Waals surface area contributed by atoms with Crippen LogP contribution in [0.4, 0.5) is 5.69 Å². The van der Waals surface area contributed by atoms with Gasteiger partial charge in [-0.2, -0.15) is 15.8 Å². The van der Waals surface area contributed by atoms with Gasteiger partial charge in [-0.1, -0.05) is 114 Å². The fraction of sp³-hybridized carbons (Fsp3) is 0.312. The van der Waals surface area contributed by atoms with E-state index in [0.29, 0.717) is 11.3 Å². The van der Waals surface area contributed by atoms with E-state index in [1.54, 1.807) is 0 Å². The van der Waals surface area contributed by atoms with Gasteiger partial charge in [0, 0.05) is 28.9 Å². The first-order valence-corrected chi connectivity index (χ1v) is 18.7. The summed E-state index contributed by atoms with van der Waals surface area (Å²) in [5.74, 6) is 1.64. The van der Waals surface area contributed by atoms with E-state index in [9.17, 15) is 20.9 Å². The molecule has 0 amide bonds. The molecule has 6 rings (SSSR count). The smallest absolute Gasteiger partial charge is 0.172 e. The van der Waals surface area contributed by atoms with Crippen molar-refractivity contribution in [2.75, 3.05) is 4.90 Å². The highest BCUT2D eigenvalue weighted by Crippen LogP contribution is 2.49. The second-order valence-corrected chi connectivity index (χ2v) is 16.5. The Labute approximate surface area is 325 Å². The maximum Gasteiger partial charge on any atom is 0.172 e. The Hall–Kier alpha value is -6.07. The molecule has 2 aliphatic heterocycles. The molecular formula is C48H48N4O3. The third kappa shape index (κ3) is 7.79. The second-order valence-electron chi connectivity index (χ2n) is 16.5. The van der Waals surface area contributed by atoms with E-state index in [-0.39, 0.29) is 40.3 Å². The molecule has 2 heterocycles. The van der Waals surface area contributed by atoms with Gasteiger partial charge in [-0.05, 0) is 90.1 Å². The molecule has 0 aromatic heterocycles. The number of hydrogen-bond acceptors (Lipinski definition) is 7. The van der Waals surface area contributed by atoms with Gasteiger partial charge in [-0.3, -0.25) is 0 Å². The molecule has 0 saturated carbocycles. The number of hydrogen-bond donors (Lipinski definition) is 1. The number of anilines is 1. The lowest BCUT2D eigenvalue weighted by molar-refractivity contribution is 0.0954. The predicted octanol–water partition coefficient (Wildman–Crippen LogP) is 10.6. The van der Waals surface area contributed by atoms with Crippen LogP contribution in [-0.2, 0) is 23.3 Å². The zero-order valence-electron chi connectivity index (χ0n) is 32.8. The molecule has 3 aliphatic rings. The standard InChI is InChI=1S/C48H48N4O3/c1-46(2,3)37-25-34(19-23-40-39(29-51)45(36(27-49)28-50)55-48(40,6)7)44(54-38-21-17-33(31-53)18-22-38)35(26-37)20-24-43-47(4,5)41-15-11-12-16-42(41)52(43)30-32-13-9-8-10-14-32/h8-24,37,53H,25-26,30-31H2,1-7H3/b23-19+,35-20+,43-24-. The molecule has 7 heteroatoms. The van der Waals surface area contributed by atoms with Crippen LogP contribution in [0.1, 0.15) is 78.0 Å². The quantitative estimate of drug-likeness (QED) is 0.230. The third-order valence-electron chi connectivity index (χ3n) is 11.0. The third-order valence-corrected chi connectivity index (χ3v) is 11.0. The fourth-order valence-corrected chi connectivity index (χ4v) is 7.73. The molecule has 278 valence electrons. The second kappa shape index (κ2) is 15.3. The zero-order valence-corrected chi connectivity index (χ0v) is 32.8. The summed E-state index contributed by atoms with van der Waals surface area (Å²) in [6.45, 7) is 15.7. The van der Waals surface area contributed by atoms with E-state index in [0.717, 1.165) is 41.9 Å². The number of aliphatic hydroxyl groups is 1. The zero-order chi connectivity index (χ0) is 39.5. The van der Waals surface area contributed by atoms with Crippen molar-refractivity contribution in [1.29, 1.82) is 15.8 Å². The molecule has 3 aromatic carbocycles. The molecular weight excluding hydrogens is 681 g/mol. The van der Waals surface area contributed by atoms with E-state index in [1.165, 1.54) is 22.5 Å². The number of allylic oxidation sites excluding steroid dienone is 8. The first kappa shape index (κ1) is 38.6. The fourth-order valence-electron chi connectivity index (χ4n) is 7.73. The molecule has 7 nitrogen and oxygen atoms in total. The summed E-state index contributed by atoms with van der Waals surface area (Å²) in [5.41, 5.74) is 6.94. The van der Waals surface area contributed by atoms with E-state index < -0.39 is 5.60 Å². The highest BCUT2D eigenvalue weighted by atomic mass is 16.5. The van der Waals surface area contributed by atoms with Gasteiger partial charge in [0.15, 0.2) is 11.3 Å². The molecule has 1 N–H and O–H groups in total. The Balaban J connectivity index is 1.54. The molecule has 0 saturated heterocycles. The van der Waals surface area contributed by atoms with Gasteiger partial charge in [-0.25, -0.2) is 0 Å². The van der Waals surface area contributed by atoms with Crippen LogP contribution >= 0.6 is 0 Å². The van der Waals surface area contributed by atoms with Crippen LogP contribution in [-0.4, -0.2) is 10.7 Å². The maximum atomic E-state index is 10.2. The largest absolute Gasteiger partial charge is 0.480 e. The average molecular weight is 729 g/mol. The minimum Gasteiger partial charge on any atom is -0.480 e. The van der Waals surface area contributed by atoms with E-state index >= 15 is 0 Å². The topological polar surface area (TPSA) is 113 Å². The molecule has 1 atom stereocenters. The van der Waals surface area contributed by atoms with Gasteiger partial charge in [0.25, 0.3) is 0 Å². The van der Waals surface area contributed by atoms with Crippen molar-refractivity contribution in [2.45, 2.75) is 85.5 Å². The maximum absolute atomic E-state index is 10.2. The number of nitriles is 3. The van der Waals surface area contributed by atoms with Gasteiger partial charge in [0.1, 0.15) is 40.9 Å². The number of nitrogens with zero attached hydrogens (tertiary/aromatic N) is 4. The monoisotopic (exact) mass is 728 g/mol. The molecule has 3 aromatic rings. The summed E-state index contributed by atoms with van der Waals surface area (Å²) in [6.07, 6.45) is 9.87. The first-order valence-electron chi connectivity index (χ1n) is 18.7. The summed E-state index contributed by atoms with van der Waals surface area (Å²) in [4.78, 5) is 2.42. The summed E-state index contributed by atoms with van der Waals surface area (Å²) in [5, 5.41) is 39.2. The summed E-state index contributed by atoms with van der Waals surface area (Å²) < 4.78 is 12.9. The number of ether oxygens (including phenoxy) is 2. The lowest BCUT2D eigenvalue weighted by Gasteiger charge is -2.36. The Morgan fingerprint density at radius 1 is 0.873 bits per heavy atom. The summed E-state index contributed by atoms with van der Waals surface area (Å²) in [6, 6.07) is 32.6. The number of para-hydroxylation sites is 1. The van der Waals surface area contributed by atoms with Crippen molar-refractivity contribution >= 4 is 5.69 Å². The minimum absolute atomic E-state index is 0.00947. The molecule has 0 fully saturated rings. The van der Waals surface area contributed by atoms with Crippen LogP contribution in [0.25, 0.3) is 0 Å². The van der Waals surface area contributed by atoms with Crippen LogP contribution in [0.3, 0.4) is 0 Å². The molecule has 1 unspecified atom stereocenters. The minimum atomic E-state index is -0.954. The molecule has 1 aliphatic carbocycles. The Bertz CT molecular complexity index is 2270. The lowest BCUT2D eigenvalue weighted by atomic mass is 9.70. The normalized spacial score (nSPS) is 20.3. The average Bonchev–Trinajstić information content (AvgIpc) is 3.55. The van der Waals surface area contributed by atoms with E-state index in [4.69, 9.17) is 9.47 Å². The summed E-state index contributed by atoms with van der Waals surface area (Å²) >= 11 is 0. The first-order chi connectivity index (χ1) is 26.2. The van der Waals surface area contributed by atoms with E-state index in [1.807, 2.05) is 68.5 Å². The van der Waals surface area contributed by atoms with Crippen molar-refractivity contribution < 1.29 is 14.6 Å². The van der Waals surface area contributed by atoms with Crippen molar-refractivity contribution in [3.8, 4) is 24.0 Å². The Morgan fingerprint density at radius 2 is 1.55 bits per heavy atom. The Morgan fingerprint density at radius 3 is 2.18 bits per heavy atom. The van der Waals surface area contributed by atoms with Crippen LogP contribution in [0.5, 0.6) is 5.75 Å². The number of benzene rings is 3. The SMILES string of the molecule is CC1(C)OC(=C(C#N)C#N)C(C#N)=C1/C=C/C1=C(Oc2ccc(CO)cc2)C(=C/C=C2\N(Cc3ccccc3)c3ccccc3C2(C)C)/CC(C(C)(C)C)C1. The Kier molecular flexibility index (Phi) is 10.8. The molecule has 55 heavy (non-hydrogen) atoms. The van der Waals surface area contributed by atoms with Crippen molar-refractivity contribution in [3.05, 3.63) is 165 Å². The van der Waals surface area contributed by atoms with Crippen molar-refractivity contribution in [2.24, 2.45) is 11.3 Å². The van der Waals surface area contributed by atoms with Gasteiger partial charge < -0.3 is 19.5 Å². The number of rotatable bonds is 8. The van der Waals surface area contributed by atoms with Gasteiger partial charge in [-0.15, -0.1) is 0 Å². The van der Waals surface area contributed by atoms with Gasteiger partial charge >= 0.3 is 0 Å². The van der Waals surface area contributed by atoms with Crippen LogP contribution in [0.2, 0.25) is 0 Å². The molecule has 0 radical (unpaired) electrons. The molecule has 0 bridgehead atoms. The summed E-state index contributed by atoms with van der Waals surface area (Å²) in [7, 11) is 0. The highest BCUT2D eigenvalue weighted by molar-refractivity contribution is 5.71. The highest BCUT2D eigenvalue weighted by Gasteiger charge is 2.41. The van der Waals surface area contributed by atoms with Crippen LogP contribution in [0.15, 0.2) is 148 Å². The van der Waals surface area contributed by atoms with Crippen molar-refractivity contribution in [3.63, 3.8) is 0 Å².